The van der Waals surface area contributed by atoms with E-state index in [4.69, 9.17) is 1.37 Å². The molecule has 0 aromatic carbocycles. The molecule has 126 valence electrons. The lowest BCUT2D eigenvalue weighted by atomic mass is 9.75. The topological polar surface area (TPSA) is 40.5 Å². The van der Waals surface area contributed by atoms with E-state index in [2.05, 4.69) is 6.92 Å². The van der Waals surface area contributed by atoms with Crippen molar-refractivity contribution in [3.63, 3.8) is 0 Å². The number of aliphatic hydroxyl groups is 1. The van der Waals surface area contributed by atoms with Crippen LogP contribution in [-0.4, -0.2) is 35.1 Å². The van der Waals surface area contributed by atoms with Gasteiger partial charge in [0.1, 0.15) is 0 Å². The van der Waals surface area contributed by atoms with Crippen LogP contribution in [0.2, 0.25) is 0 Å². The third-order valence-corrected chi connectivity index (χ3v) is 6.43. The van der Waals surface area contributed by atoms with Crippen LogP contribution in [0.3, 0.4) is 0 Å². The van der Waals surface area contributed by atoms with Gasteiger partial charge < -0.3 is 10.0 Å². The molecule has 2 saturated carbocycles. The Kier molecular flexibility index (Phi) is 4.70. The monoisotopic (exact) mass is 308 g/mol. The molecule has 1 aliphatic heterocycles. The third kappa shape index (κ3) is 3.34. The largest absolute Gasteiger partial charge is 0.392 e. The summed E-state index contributed by atoms with van der Waals surface area (Å²) in [7, 11) is 0. The van der Waals surface area contributed by atoms with Crippen LogP contribution in [0.15, 0.2) is 0 Å². The molecular formula is C19H33NO2. The van der Waals surface area contributed by atoms with Crippen molar-refractivity contribution in [3.8, 4) is 0 Å². The van der Waals surface area contributed by atoms with Crippen LogP contribution >= 0.6 is 0 Å². The van der Waals surface area contributed by atoms with Crippen LogP contribution in [0, 0.1) is 17.3 Å². The van der Waals surface area contributed by atoms with E-state index in [0.29, 0.717) is 19.5 Å². The van der Waals surface area contributed by atoms with Crippen molar-refractivity contribution in [1.82, 2.24) is 4.90 Å². The highest BCUT2D eigenvalue weighted by atomic mass is 16.3. The van der Waals surface area contributed by atoms with Crippen molar-refractivity contribution in [2.45, 2.75) is 83.6 Å². The Hall–Kier alpha value is -0.570. The van der Waals surface area contributed by atoms with Crippen molar-refractivity contribution in [3.05, 3.63) is 0 Å². The lowest BCUT2D eigenvalue weighted by Crippen LogP contribution is -2.53. The second-order valence-electron chi connectivity index (χ2n) is 8.08. The number of amides is 1. The van der Waals surface area contributed by atoms with Gasteiger partial charge in [0.25, 0.3) is 0 Å². The summed E-state index contributed by atoms with van der Waals surface area (Å²) in [5, 5.41) is 10.6. The summed E-state index contributed by atoms with van der Waals surface area (Å²) in [5.74, 6) is 1.08. The van der Waals surface area contributed by atoms with Crippen LogP contribution in [0.1, 0.15) is 78.9 Å². The highest BCUT2D eigenvalue weighted by Gasteiger charge is 2.45. The van der Waals surface area contributed by atoms with Crippen molar-refractivity contribution >= 4 is 5.91 Å². The molecule has 1 spiro atoms. The van der Waals surface area contributed by atoms with Gasteiger partial charge in [0.05, 0.1) is 7.45 Å². The molecule has 3 heteroatoms. The van der Waals surface area contributed by atoms with Crippen molar-refractivity contribution < 1.29 is 11.3 Å². The van der Waals surface area contributed by atoms with Crippen LogP contribution < -0.4 is 0 Å². The van der Waals surface area contributed by atoms with Gasteiger partial charge in [-0.15, -0.1) is 0 Å². The zero-order valence-electron chi connectivity index (χ0n) is 15.1. The quantitative estimate of drug-likeness (QED) is 0.862. The molecule has 22 heavy (non-hydrogen) atoms. The van der Waals surface area contributed by atoms with Crippen LogP contribution in [-0.2, 0) is 4.79 Å². The minimum Gasteiger partial charge on any atom is -0.392 e. The average Bonchev–Trinajstić information content (AvgIpc) is 3.01. The van der Waals surface area contributed by atoms with Gasteiger partial charge in [-0.3, -0.25) is 4.79 Å². The highest BCUT2D eigenvalue weighted by molar-refractivity contribution is 5.78. The smallest absolute Gasteiger partial charge is 0.225 e. The molecular weight excluding hydrogens is 274 g/mol. The maximum atomic E-state index is 12.9. The van der Waals surface area contributed by atoms with Gasteiger partial charge in [0.2, 0.25) is 5.91 Å². The molecule has 1 saturated heterocycles. The highest BCUT2D eigenvalue weighted by Crippen LogP contribution is 2.45. The molecule has 3 nitrogen and oxygen atoms in total. The molecule has 1 amide bonds. The molecule has 0 aromatic rings. The fraction of sp³-hybridized carbons (Fsp3) is 0.947. The number of nitrogens with zero attached hydrogens (tertiary/aromatic N) is 1. The predicted molar refractivity (Wildman–Crippen MR) is 88.5 cm³/mol. The molecule has 0 unspecified atom stereocenters. The number of likely N-dealkylation sites (tertiary alicyclic amines) is 1. The molecule has 2 atom stereocenters. The summed E-state index contributed by atoms with van der Waals surface area (Å²) in [6, 6.07) is 0. The van der Waals surface area contributed by atoms with Gasteiger partial charge in [0.15, 0.2) is 0 Å². The number of piperidine rings is 1. The number of carbonyl (C=O) groups excluding carboxylic acids is 1. The molecule has 3 aliphatic rings. The standard InChI is InChI=1S/C19H33NO2/c1-15(13-16-7-3-2-4-8-16)18(22)20-12-9-17(21)19(14-20)10-5-6-11-19/h15-17,21H,2-14H2,1H3/t15-,17+/m1/s1/i17D. The van der Waals surface area contributed by atoms with E-state index in [-0.39, 0.29) is 17.2 Å². The summed E-state index contributed by atoms with van der Waals surface area (Å²) in [6.07, 6.45) is 10.6. The van der Waals surface area contributed by atoms with Crippen LogP contribution in [0.25, 0.3) is 0 Å². The Bertz CT molecular complexity index is 425. The van der Waals surface area contributed by atoms with Gasteiger partial charge in [-0.05, 0) is 31.6 Å². The van der Waals surface area contributed by atoms with Gasteiger partial charge in [-0.1, -0.05) is 51.9 Å². The molecule has 0 bridgehead atoms. The van der Waals surface area contributed by atoms with E-state index in [1.54, 1.807) is 0 Å². The normalized spacial score (nSPS) is 34.6. The first-order chi connectivity index (χ1) is 10.9. The number of carbonyl (C=O) groups is 1. The molecule has 3 rings (SSSR count). The van der Waals surface area contributed by atoms with E-state index in [9.17, 15) is 9.90 Å². The molecule has 0 radical (unpaired) electrons. The summed E-state index contributed by atoms with van der Waals surface area (Å²) < 4.78 is 8.33. The van der Waals surface area contributed by atoms with E-state index < -0.39 is 6.08 Å². The number of hydrogen-bond donors (Lipinski definition) is 1. The van der Waals surface area contributed by atoms with Gasteiger partial charge in [-0.25, -0.2) is 0 Å². The summed E-state index contributed by atoms with van der Waals surface area (Å²) in [4.78, 5) is 14.9. The molecule has 1 N–H and O–H groups in total. The van der Waals surface area contributed by atoms with Gasteiger partial charge in [-0.2, -0.15) is 0 Å². The van der Waals surface area contributed by atoms with Crippen molar-refractivity contribution in [1.29, 1.82) is 0 Å². The summed E-state index contributed by atoms with van der Waals surface area (Å²) >= 11 is 0. The lowest BCUT2D eigenvalue weighted by Gasteiger charge is -2.45. The van der Waals surface area contributed by atoms with Crippen LogP contribution in [0.4, 0.5) is 0 Å². The SMILES string of the molecule is [2H][C@]1(O)CCN(C(=O)[C@H](C)CC2CCCCC2)CC12CCCC2. The molecule has 2 aliphatic carbocycles. The number of hydrogen-bond acceptors (Lipinski definition) is 2. The van der Waals surface area contributed by atoms with Gasteiger partial charge in [0, 0.05) is 24.4 Å². The fourth-order valence-corrected chi connectivity index (χ4v) is 5.06. The Morgan fingerprint density at radius 2 is 1.91 bits per heavy atom. The Morgan fingerprint density at radius 3 is 2.59 bits per heavy atom. The molecule has 1 heterocycles. The third-order valence-electron chi connectivity index (χ3n) is 6.43. The second kappa shape index (κ2) is 6.90. The first-order valence-electron chi connectivity index (χ1n) is 9.95. The van der Waals surface area contributed by atoms with E-state index in [1.807, 2.05) is 4.90 Å². The second-order valence-corrected chi connectivity index (χ2v) is 8.08. The average molecular weight is 308 g/mol. The minimum atomic E-state index is -1.34. The first kappa shape index (κ1) is 15.0. The zero-order valence-corrected chi connectivity index (χ0v) is 14.1. The first-order valence-corrected chi connectivity index (χ1v) is 9.45. The minimum absolute atomic E-state index is 0.0912. The van der Waals surface area contributed by atoms with Gasteiger partial charge >= 0.3 is 0 Å². The van der Waals surface area contributed by atoms with E-state index in [0.717, 1.165) is 38.0 Å². The fourth-order valence-electron chi connectivity index (χ4n) is 5.06. The predicted octanol–water partition coefficient (Wildman–Crippen LogP) is 3.75. The number of rotatable bonds is 3. The van der Waals surface area contributed by atoms with Crippen LogP contribution in [0.5, 0.6) is 0 Å². The summed E-state index contributed by atoms with van der Waals surface area (Å²) in [5.41, 5.74) is -0.370. The van der Waals surface area contributed by atoms with E-state index >= 15 is 0 Å². The summed E-state index contributed by atoms with van der Waals surface area (Å²) in [6.45, 7) is 3.23. The van der Waals surface area contributed by atoms with E-state index in [1.165, 1.54) is 32.1 Å². The Morgan fingerprint density at radius 1 is 1.23 bits per heavy atom. The van der Waals surface area contributed by atoms with Crippen molar-refractivity contribution in [2.24, 2.45) is 17.3 Å². The van der Waals surface area contributed by atoms with Crippen molar-refractivity contribution in [2.75, 3.05) is 13.1 Å². The molecule has 3 fully saturated rings. The zero-order chi connectivity index (χ0) is 16.5. The lowest BCUT2D eigenvalue weighted by molar-refractivity contribution is -0.143. The Labute approximate surface area is 136 Å². The Balaban J connectivity index is 1.61. The molecule has 0 aromatic heterocycles. The maximum Gasteiger partial charge on any atom is 0.225 e. The maximum absolute atomic E-state index is 12.9.